The number of carboxylic acids is 10. The van der Waals surface area contributed by atoms with Crippen molar-refractivity contribution in [3.63, 3.8) is 0 Å². The van der Waals surface area contributed by atoms with Crippen molar-refractivity contribution in [1.82, 2.24) is 0 Å². The number of carboxylic acid groups (broad SMARTS) is 10. The van der Waals surface area contributed by atoms with Crippen molar-refractivity contribution in [2.24, 2.45) is 0 Å². The fourth-order valence-electron chi connectivity index (χ4n) is 0. The van der Waals surface area contributed by atoms with Crippen molar-refractivity contribution >= 4 is 59.7 Å². The molecule has 0 amide bonds. The van der Waals surface area contributed by atoms with Gasteiger partial charge in [-0.1, -0.05) is 0 Å². The zero-order valence-corrected chi connectivity index (χ0v) is 25.1. The van der Waals surface area contributed by atoms with Gasteiger partial charge in [-0.05, 0) is 0 Å². The molecule has 0 aromatic carbocycles. The number of hydrogen-bond acceptors (Lipinski definition) is 20. The van der Waals surface area contributed by atoms with Gasteiger partial charge in [0.25, 0.3) is 0 Å². The van der Waals surface area contributed by atoms with Gasteiger partial charge >= 0.3 is 112 Å². The Morgan fingerprint density at radius 3 is 0.265 bits per heavy atom. The predicted octanol–water partition coefficient (Wildman–Crippen LogP) is -23.6. The van der Waals surface area contributed by atoms with Crippen LogP contribution in [0.2, 0.25) is 0 Å². The largest absolute Gasteiger partial charge is 4.00 e. The Balaban J connectivity index is -0.0000000319. The second-order valence-corrected chi connectivity index (χ2v) is 2.87. The number of carbonyl (C=O) groups is 10. The van der Waals surface area contributed by atoms with E-state index in [1.807, 2.05) is 0 Å². The molecule has 0 heterocycles. The van der Waals surface area contributed by atoms with Gasteiger partial charge in [0.2, 0.25) is 0 Å². The summed E-state index contributed by atoms with van der Waals surface area (Å²) >= 11 is 0. The predicted molar refractivity (Wildman–Crippen MR) is 50.1 cm³/mol. The molecule has 0 unspecified atom stereocenters. The molecule has 0 aliphatic carbocycles. The van der Waals surface area contributed by atoms with Crippen LogP contribution < -0.4 is 110 Å². The maximum atomic E-state index is 8.93. The molecule has 24 heteroatoms. The zero-order chi connectivity index (χ0) is 25.8. The summed E-state index contributed by atoms with van der Waals surface area (Å²) < 4.78 is 0. The molecule has 0 spiro atoms. The number of aliphatic carboxylic acids is 10. The molecule has 170 valence electrons. The molecule has 0 aromatic heterocycles. The molecule has 0 fully saturated rings. The Morgan fingerprint density at radius 1 is 0.235 bits per heavy atom. The van der Waals surface area contributed by atoms with Crippen LogP contribution in [-0.2, 0) is 100 Å². The SMILES string of the molecule is O=C([O-])C(=O)[O-].O=C([O-])C(=O)[O-].O=C([O-])C(=O)[O-].O=C([O-])C(=O)[O-].O=C([O-])C(=O)[O-].[Na+].[Na+].[Zr+4].[Zr+4]. The van der Waals surface area contributed by atoms with E-state index in [-0.39, 0.29) is 112 Å². The zero-order valence-electron chi connectivity index (χ0n) is 16.2. The van der Waals surface area contributed by atoms with Crippen LogP contribution in [0.4, 0.5) is 0 Å². The number of hydrogen-bond donors (Lipinski definition) is 0. The minimum absolute atomic E-state index is 0. The molecule has 0 radical (unpaired) electrons. The molecule has 0 rings (SSSR count). The van der Waals surface area contributed by atoms with Crippen LogP contribution in [-0.4, -0.2) is 59.7 Å². The first-order valence-corrected chi connectivity index (χ1v) is 5.33. The topological polar surface area (TPSA) is 401 Å². The maximum Gasteiger partial charge on any atom is 4.00 e. The van der Waals surface area contributed by atoms with Gasteiger partial charge in [0, 0.05) is 0 Å². The van der Waals surface area contributed by atoms with Crippen LogP contribution in [0.3, 0.4) is 0 Å². The van der Waals surface area contributed by atoms with E-state index in [0.29, 0.717) is 0 Å². The van der Waals surface area contributed by atoms with Gasteiger partial charge in [-0.25, -0.2) is 0 Å². The Labute approximate surface area is 267 Å². The third kappa shape index (κ3) is 77.6. The summed E-state index contributed by atoms with van der Waals surface area (Å²) in [5, 5.41) is 89.3. The van der Waals surface area contributed by atoms with E-state index in [2.05, 4.69) is 0 Å². The van der Waals surface area contributed by atoms with Crippen LogP contribution in [0.5, 0.6) is 0 Å². The first-order valence-electron chi connectivity index (χ1n) is 5.33. The molecule has 0 saturated heterocycles. The Hall–Kier alpha value is -1.53. The normalized spacial score (nSPS) is 6.47. The Morgan fingerprint density at radius 2 is 0.265 bits per heavy atom. The van der Waals surface area contributed by atoms with E-state index >= 15 is 0 Å². The average Bonchev–Trinajstić information content (AvgIpc) is 2.56. The molecule has 0 saturated carbocycles. The van der Waals surface area contributed by atoms with Gasteiger partial charge in [-0.15, -0.1) is 0 Å². The van der Waals surface area contributed by atoms with Crippen molar-refractivity contribution < 1.29 is 211 Å². The van der Waals surface area contributed by atoms with E-state index in [0.717, 1.165) is 0 Å². The molecule has 0 aromatic rings. The summed E-state index contributed by atoms with van der Waals surface area (Å²) in [5.74, 6) is -21.9. The second-order valence-electron chi connectivity index (χ2n) is 2.87. The summed E-state index contributed by atoms with van der Waals surface area (Å²) in [6.07, 6.45) is 0. The van der Waals surface area contributed by atoms with Crippen molar-refractivity contribution in [2.75, 3.05) is 0 Å². The van der Waals surface area contributed by atoms with E-state index in [1.54, 1.807) is 0 Å². The van der Waals surface area contributed by atoms with Crippen LogP contribution in [0.1, 0.15) is 0 Å². The summed E-state index contributed by atoms with van der Waals surface area (Å²) in [6, 6.07) is 0. The first-order chi connectivity index (χ1) is 13.2. The van der Waals surface area contributed by atoms with Gasteiger partial charge in [-0.3, -0.25) is 0 Å². The van der Waals surface area contributed by atoms with Gasteiger partial charge < -0.3 is 99.0 Å². The molecule has 20 nitrogen and oxygen atoms in total. The molecule has 0 N–H and O–H groups in total. The summed E-state index contributed by atoms with van der Waals surface area (Å²) in [4.78, 5) is 89.3. The van der Waals surface area contributed by atoms with Crippen LogP contribution >= 0.6 is 0 Å². The van der Waals surface area contributed by atoms with Crippen LogP contribution in [0.25, 0.3) is 0 Å². The van der Waals surface area contributed by atoms with Gasteiger partial charge in [0.15, 0.2) is 0 Å². The van der Waals surface area contributed by atoms with Crippen LogP contribution in [0.15, 0.2) is 0 Å². The summed E-state index contributed by atoms with van der Waals surface area (Å²) in [5.41, 5.74) is 0. The number of rotatable bonds is 0. The van der Waals surface area contributed by atoms with E-state index < -0.39 is 59.7 Å². The first kappa shape index (κ1) is 58.4. The Bertz CT molecular complexity index is 519. The average molecular weight is 669 g/mol. The molecule has 0 aliphatic rings. The third-order valence-electron chi connectivity index (χ3n) is 0.833. The van der Waals surface area contributed by atoms with Crippen molar-refractivity contribution in [1.29, 1.82) is 0 Å². The standard InChI is InChI=1S/5C2H2O4.2Na.2Zr/c5*3-1(4)2(5)6;;;;/h5*(H,3,4)(H,5,6);;;;/q;;;;;2*+1;2*+4/p-10. The van der Waals surface area contributed by atoms with Gasteiger partial charge in [-0.2, -0.15) is 0 Å². The molecule has 0 aliphatic heterocycles. The summed E-state index contributed by atoms with van der Waals surface area (Å²) in [7, 11) is 0. The van der Waals surface area contributed by atoms with E-state index in [1.165, 1.54) is 0 Å². The summed E-state index contributed by atoms with van der Waals surface area (Å²) in [6.45, 7) is 0. The molecule has 34 heavy (non-hydrogen) atoms. The fourth-order valence-corrected chi connectivity index (χ4v) is 0. The van der Waals surface area contributed by atoms with Gasteiger partial charge in [0.05, 0.1) is 59.7 Å². The molecule has 0 atom stereocenters. The van der Waals surface area contributed by atoms with Crippen molar-refractivity contribution in [2.45, 2.75) is 0 Å². The van der Waals surface area contributed by atoms with Crippen molar-refractivity contribution in [3.8, 4) is 0 Å². The molecular formula is C10Na2O20Zr2. The van der Waals surface area contributed by atoms with Crippen molar-refractivity contribution in [3.05, 3.63) is 0 Å². The Kier molecular flexibility index (Phi) is 61.9. The molecule has 0 bridgehead atoms. The minimum atomic E-state index is -2.19. The minimum Gasteiger partial charge on any atom is -0.543 e. The van der Waals surface area contributed by atoms with Gasteiger partial charge in [0.1, 0.15) is 0 Å². The third-order valence-corrected chi connectivity index (χ3v) is 0.833. The van der Waals surface area contributed by atoms with E-state index in [9.17, 15) is 0 Å². The van der Waals surface area contributed by atoms with Crippen LogP contribution in [0, 0.1) is 0 Å². The van der Waals surface area contributed by atoms with E-state index in [4.69, 9.17) is 99.0 Å². The fraction of sp³-hybridized carbons (Fsp3) is 0. The smallest absolute Gasteiger partial charge is 0.543 e. The maximum absolute atomic E-state index is 8.93. The second kappa shape index (κ2) is 36.0. The molecular weight excluding hydrogens is 669 g/mol. The monoisotopic (exact) mass is 666 g/mol. The number of carbonyl (C=O) groups excluding carboxylic acids is 10. The quantitative estimate of drug-likeness (QED) is 0.171.